The molecule has 3 N–H and O–H groups in total. The van der Waals surface area contributed by atoms with Crippen molar-refractivity contribution in [2.24, 2.45) is 5.73 Å². The number of alkyl halides is 5. The molecule has 1 aromatic rings. The summed E-state index contributed by atoms with van der Waals surface area (Å²) in [5, 5.41) is 0. The van der Waals surface area contributed by atoms with Crippen molar-refractivity contribution in [2.45, 2.75) is 42.8 Å². The van der Waals surface area contributed by atoms with Crippen LogP contribution in [0.1, 0.15) is 18.4 Å². The van der Waals surface area contributed by atoms with Gasteiger partial charge in [0.1, 0.15) is 11.6 Å². The van der Waals surface area contributed by atoms with Crippen LogP contribution in [0.5, 0.6) is 0 Å². The highest BCUT2D eigenvalue weighted by Gasteiger charge is 2.47. The monoisotopic (exact) mass is 451 g/mol. The van der Waals surface area contributed by atoms with E-state index >= 15 is 0 Å². The maximum Gasteiger partial charge on any atom is 0.511 e. The van der Waals surface area contributed by atoms with Crippen molar-refractivity contribution in [1.82, 2.24) is 9.62 Å². The van der Waals surface area contributed by atoms with E-state index in [2.05, 4.69) is 0 Å². The highest BCUT2D eigenvalue weighted by Crippen LogP contribution is 2.28. The first-order valence-electron chi connectivity index (χ1n) is 8.60. The van der Waals surface area contributed by atoms with E-state index in [1.807, 2.05) is 0 Å². The third kappa shape index (κ3) is 6.03. The van der Waals surface area contributed by atoms with Gasteiger partial charge in [-0.2, -0.15) is 13.2 Å². The maximum atomic E-state index is 14.5. The van der Waals surface area contributed by atoms with E-state index in [1.54, 1.807) is 0 Å². The standard InChI is InChI=1S/C16H20F7N3O2S/c17-11-3-4-13(18)10(6-11)7-14(24)15(19,20)9-26-5-1-2-12(26)8-25-29(27,28)16(21,22)23/h3-4,6,12,14,25H,1-2,5,7-9,24H2. The van der Waals surface area contributed by atoms with Gasteiger partial charge in [-0.3, -0.25) is 4.90 Å². The third-order valence-corrected chi connectivity index (χ3v) is 5.87. The molecule has 29 heavy (non-hydrogen) atoms. The molecule has 1 saturated heterocycles. The predicted octanol–water partition coefficient (Wildman–Crippen LogP) is 2.37. The molecule has 1 aliphatic rings. The van der Waals surface area contributed by atoms with E-state index in [9.17, 15) is 39.2 Å². The van der Waals surface area contributed by atoms with E-state index in [0.717, 1.165) is 23.1 Å². The Morgan fingerprint density at radius 1 is 1.21 bits per heavy atom. The quantitative estimate of drug-likeness (QED) is 0.596. The van der Waals surface area contributed by atoms with E-state index < -0.39 is 64.7 Å². The van der Waals surface area contributed by atoms with Gasteiger partial charge < -0.3 is 5.73 Å². The first kappa shape index (κ1) is 23.8. The molecule has 2 unspecified atom stereocenters. The highest BCUT2D eigenvalue weighted by molar-refractivity contribution is 7.90. The van der Waals surface area contributed by atoms with Crippen LogP contribution >= 0.6 is 0 Å². The average molecular weight is 451 g/mol. The molecule has 0 radical (unpaired) electrons. The molecule has 0 spiro atoms. The number of nitrogens with two attached hydrogens (primary N) is 1. The molecule has 2 rings (SSSR count). The van der Waals surface area contributed by atoms with Gasteiger partial charge in [-0.25, -0.2) is 30.7 Å². The average Bonchev–Trinajstić information content (AvgIpc) is 3.01. The Hall–Kier alpha value is -1.44. The molecular weight excluding hydrogens is 431 g/mol. The molecule has 0 bridgehead atoms. The number of sulfonamides is 1. The van der Waals surface area contributed by atoms with Crippen molar-refractivity contribution in [3.8, 4) is 0 Å². The number of rotatable bonds is 8. The molecule has 1 heterocycles. The summed E-state index contributed by atoms with van der Waals surface area (Å²) >= 11 is 0. The molecule has 166 valence electrons. The number of hydrogen-bond acceptors (Lipinski definition) is 4. The molecule has 13 heteroatoms. The Kier molecular flexibility index (Phi) is 7.18. The summed E-state index contributed by atoms with van der Waals surface area (Å²) in [6.07, 6.45) is -0.0672. The molecule has 5 nitrogen and oxygen atoms in total. The smallest absolute Gasteiger partial charge is 0.322 e. The summed E-state index contributed by atoms with van der Waals surface area (Å²) in [5.74, 6) is -5.28. The van der Waals surface area contributed by atoms with Crippen LogP contribution in [-0.4, -0.2) is 56.5 Å². The van der Waals surface area contributed by atoms with Crippen molar-refractivity contribution in [1.29, 1.82) is 0 Å². The van der Waals surface area contributed by atoms with E-state index in [-0.39, 0.29) is 18.5 Å². The van der Waals surface area contributed by atoms with Crippen LogP contribution in [0.25, 0.3) is 0 Å². The third-order valence-electron chi connectivity index (χ3n) is 4.72. The van der Waals surface area contributed by atoms with Crippen LogP contribution in [0, 0.1) is 11.6 Å². The van der Waals surface area contributed by atoms with Gasteiger partial charge in [0.2, 0.25) is 0 Å². The van der Waals surface area contributed by atoms with Gasteiger partial charge in [-0.05, 0) is 49.6 Å². The maximum absolute atomic E-state index is 14.5. The Balaban J connectivity index is 2.01. The van der Waals surface area contributed by atoms with Gasteiger partial charge in [-0.1, -0.05) is 0 Å². The molecule has 0 aliphatic carbocycles. The van der Waals surface area contributed by atoms with Gasteiger partial charge >= 0.3 is 15.5 Å². The molecule has 1 fully saturated rings. The lowest BCUT2D eigenvalue weighted by molar-refractivity contribution is -0.0566. The van der Waals surface area contributed by atoms with Crippen molar-refractivity contribution < 1.29 is 39.2 Å². The van der Waals surface area contributed by atoms with Crippen molar-refractivity contribution >= 4 is 10.0 Å². The lowest BCUT2D eigenvalue weighted by Gasteiger charge is -2.32. The predicted molar refractivity (Wildman–Crippen MR) is 90.6 cm³/mol. The Morgan fingerprint density at radius 2 is 1.86 bits per heavy atom. The molecule has 1 aliphatic heterocycles. The van der Waals surface area contributed by atoms with Gasteiger partial charge in [0.15, 0.2) is 0 Å². The van der Waals surface area contributed by atoms with E-state index in [1.165, 1.54) is 4.72 Å². The number of likely N-dealkylation sites (tertiary alicyclic amines) is 1. The topological polar surface area (TPSA) is 75.4 Å². The van der Waals surface area contributed by atoms with Crippen LogP contribution in [0.15, 0.2) is 18.2 Å². The van der Waals surface area contributed by atoms with Crippen molar-refractivity contribution in [2.75, 3.05) is 19.6 Å². The van der Waals surface area contributed by atoms with Gasteiger partial charge in [0, 0.05) is 12.6 Å². The number of halogens is 7. The zero-order valence-corrected chi connectivity index (χ0v) is 15.8. The van der Waals surface area contributed by atoms with Crippen LogP contribution in [-0.2, 0) is 16.4 Å². The molecule has 0 saturated carbocycles. The zero-order chi connectivity index (χ0) is 22.0. The van der Waals surface area contributed by atoms with Crippen LogP contribution < -0.4 is 10.5 Å². The summed E-state index contributed by atoms with van der Waals surface area (Å²) in [5.41, 5.74) is -0.328. The fourth-order valence-electron chi connectivity index (χ4n) is 3.10. The normalized spacial score (nSPS) is 20.2. The van der Waals surface area contributed by atoms with Gasteiger partial charge in [0.05, 0.1) is 12.6 Å². The Bertz CT molecular complexity index is 817. The van der Waals surface area contributed by atoms with Crippen LogP contribution in [0.4, 0.5) is 30.7 Å². The molecule has 1 aromatic carbocycles. The molecule has 2 atom stereocenters. The Morgan fingerprint density at radius 3 is 2.48 bits per heavy atom. The van der Waals surface area contributed by atoms with Crippen LogP contribution in [0.3, 0.4) is 0 Å². The fraction of sp³-hybridized carbons (Fsp3) is 0.625. The fourth-order valence-corrected chi connectivity index (χ4v) is 3.67. The van der Waals surface area contributed by atoms with E-state index in [4.69, 9.17) is 5.73 Å². The summed E-state index contributed by atoms with van der Waals surface area (Å²) in [6.45, 7) is -1.54. The molecule has 0 aromatic heterocycles. The second-order valence-electron chi connectivity index (χ2n) is 6.87. The largest absolute Gasteiger partial charge is 0.511 e. The second-order valence-corrected chi connectivity index (χ2v) is 8.63. The summed E-state index contributed by atoms with van der Waals surface area (Å²) in [4.78, 5) is 1.14. The van der Waals surface area contributed by atoms with Crippen molar-refractivity contribution in [3.63, 3.8) is 0 Å². The SMILES string of the molecule is NC(Cc1cc(F)ccc1F)C(F)(F)CN1CCCC1CNS(=O)(=O)C(F)(F)F. The molecule has 0 amide bonds. The summed E-state index contributed by atoms with van der Waals surface area (Å²) in [6, 6.07) is -0.378. The minimum atomic E-state index is -5.58. The van der Waals surface area contributed by atoms with E-state index in [0.29, 0.717) is 6.42 Å². The number of nitrogens with zero attached hydrogens (tertiary/aromatic N) is 1. The van der Waals surface area contributed by atoms with Gasteiger partial charge in [0.25, 0.3) is 5.92 Å². The summed E-state index contributed by atoms with van der Waals surface area (Å²) < 4.78 is 117. The van der Waals surface area contributed by atoms with Gasteiger partial charge in [-0.15, -0.1) is 0 Å². The van der Waals surface area contributed by atoms with Crippen LogP contribution in [0.2, 0.25) is 0 Å². The Labute approximate surface area is 163 Å². The highest BCUT2D eigenvalue weighted by atomic mass is 32.2. The second kappa shape index (κ2) is 8.74. The lowest BCUT2D eigenvalue weighted by atomic mass is 10.00. The molecular formula is C16H20F7N3O2S. The number of nitrogens with one attached hydrogen (secondary N) is 1. The van der Waals surface area contributed by atoms with Crippen molar-refractivity contribution in [3.05, 3.63) is 35.4 Å². The summed E-state index contributed by atoms with van der Waals surface area (Å²) in [7, 11) is -5.58. The first-order chi connectivity index (χ1) is 13.2. The number of hydrogen-bond donors (Lipinski definition) is 2. The lowest BCUT2D eigenvalue weighted by Crippen LogP contribution is -2.53. The first-order valence-corrected chi connectivity index (χ1v) is 10.1. The zero-order valence-electron chi connectivity index (χ0n) is 15.0. The number of benzene rings is 1. The minimum absolute atomic E-state index is 0.106. The minimum Gasteiger partial charge on any atom is -0.322 e.